The zero-order chi connectivity index (χ0) is 17.2. The van der Waals surface area contributed by atoms with Crippen molar-refractivity contribution in [3.8, 4) is 0 Å². The van der Waals surface area contributed by atoms with E-state index in [2.05, 4.69) is 15.3 Å². The quantitative estimate of drug-likeness (QED) is 0.774. The van der Waals surface area contributed by atoms with Gasteiger partial charge in [-0.25, -0.2) is 0 Å². The summed E-state index contributed by atoms with van der Waals surface area (Å²) in [6.07, 6.45) is 6.72. The molecule has 3 aromatic rings. The number of pyridine rings is 2. The monoisotopic (exact) mass is 349 g/mol. The lowest BCUT2D eigenvalue weighted by Gasteiger charge is -2.10. The summed E-state index contributed by atoms with van der Waals surface area (Å²) in [6.45, 7) is 0.658. The number of fused-ring (bicyclic) bond motifs is 2. The summed E-state index contributed by atoms with van der Waals surface area (Å²) in [4.78, 5) is 21.4. The molecule has 124 valence electrons. The van der Waals surface area contributed by atoms with Crippen molar-refractivity contribution in [1.29, 1.82) is 0 Å². The molecule has 2 aromatic heterocycles. The van der Waals surface area contributed by atoms with Crippen molar-refractivity contribution in [1.82, 2.24) is 9.97 Å². The number of halogens is 1. The number of hydrogen-bond donors (Lipinski definition) is 1. The Morgan fingerprint density at radius 2 is 2.00 bits per heavy atom. The van der Waals surface area contributed by atoms with E-state index in [-0.39, 0.29) is 5.78 Å². The van der Waals surface area contributed by atoms with Crippen LogP contribution in [0.25, 0.3) is 0 Å². The predicted molar refractivity (Wildman–Crippen MR) is 98.1 cm³/mol. The Kier molecular flexibility index (Phi) is 4.20. The van der Waals surface area contributed by atoms with Gasteiger partial charge in [0.25, 0.3) is 0 Å². The second kappa shape index (κ2) is 6.65. The molecule has 25 heavy (non-hydrogen) atoms. The maximum absolute atomic E-state index is 13.0. The largest absolute Gasteiger partial charge is 0.381 e. The Hall–Kier alpha value is -2.72. The number of nitrogens with one attached hydrogen (secondary N) is 1. The number of carbonyl (C=O) groups is 1. The summed E-state index contributed by atoms with van der Waals surface area (Å²) in [5.74, 6) is -0.0115. The Morgan fingerprint density at radius 1 is 1.08 bits per heavy atom. The van der Waals surface area contributed by atoms with Crippen LogP contribution in [0.4, 0.5) is 5.69 Å². The van der Waals surface area contributed by atoms with Crippen LogP contribution in [-0.2, 0) is 19.4 Å². The minimum atomic E-state index is -0.0115. The molecule has 0 spiro atoms. The Morgan fingerprint density at radius 3 is 2.84 bits per heavy atom. The SMILES string of the molecule is O=C1c2cc(NCc3cccnc3)ccc2CCc2ncc(Cl)cc21. The highest BCUT2D eigenvalue weighted by molar-refractivity contribution is 6.31. The molecule has 0 unspecified atom stereocenters. The minimum absolute atomic E-state index is 0.0115. The van der Waals surface area contributed by atoms with Crippen LogP contribution in [0.15, 0.2) is 55.0 Å². The van der Waals surface area contributed by atoms with Gasteiger partial charge in [-0.05, 0) is 48.2 Å². The smallest absolute Gasteiger partial charge is 0.195 e. The number of anilines is 1. The van der Waals surface area contributed by atoms with Crippen molar-refractivity contribution in [2.75, 3.05) is 5.32 Å². The molecule has 1 aromatic carbocycles. The van der Waals surface area contributed by atoms with Crippen LogP contribution < -0.4 is 5.32 Å². The molecule has 0 radical (unpaired) electrons. The van der Waals surface area contributed by atoms with Crippen LogP contribution in [0.3, 0.4) is 0 Å². The highest BCUT2D eigenvalue weighted by Crippen LogP contribution is 2.27. The average molecular weight is 350 g/mol. The standard InChI is InChI=1S/C20H16ClN3O/c21-15-8-18-19(24-12-15)6-4-14-3-5-16(9-17(14)20(18)25)23-11-13-2-1-7-22-10-13/h1-3,5,7-10,12,23H,4,6,11H2. The van der Waals surface area contributed by atoms with Crippen molar-refractivity contribution in [3.05, 3.63) is 88.0 Å². The van der Waals surface area contributed by atoms with Gasteiger partial charge in [0, 0.05) is 41.9 Å². The third kappa shape index (κ3) is 3.26. The number of nitrogens with zero attached hydrogens (tertiary/aromatic N) is 2. The van der Waals surface area contributed by atoms with E-state index in [1.807, 2.05) is 36.5 Å². The Labute approximate surface area is 150 Å². The first-order valence-corrected chi connectivity index (χ1v) is 8.53. The first-order chi connectivity index (χ1) is 12.2. The maximum atomic E-state index is 13.0. The molecule has 1 aliphatic rings. The van der Waals surface area contributed by atoms with Gasteiger partial charge in [-0.2, -0.15) is 0 Å². The van der Waals surface area contributed by atoms with E-state index in [1.54, 1.807) is 18.5 Å². The number of aryl methyl sites for hydroxylation is 2. The molecule has 0 saturated carbocycles. The fourth-order valence-corrected chi connectivity index (χ4v) is 3.24. The predicted octanol–water partition coefficient (Wildman–Crippen LogP) is 4.07. The molecular weight excluding hydrogens is 334 g/mol. The highest BCUT2D eigenvalue weighted by Gasteiger charge is 2.22. The molecule has 5 heteroatoms. The maximum Gasteiger partial charge on any atom is 0.195 e. The number of hydrogen-bond acceptors (Lipinski definition) is 4. The van der Waals surface area contributed by atoms with E-state index < -0.39 is 0 Å². The molecule has 4 nitrogen and oxygen atoms in total. The number of rotatable bonds is 3. The number of benzene rings is 1. The van der Waals surface area contributed by atoms with Crippen LogP contribution in [-0.4, -0.2) is 15.8 Å². The van der Waals surface area contributed by atoms with Crippen molar-refractivity contribution in [2.24, 2.45) is 0 Å². The molecule has 0 atom stereocenters. The zero-order valence-corrected chi connectivity index (χ0v) is 14.3. The van der Waals surface area contributed by atoms with Gasteiger partial charge in [0.15, 0.2) is 5.78 Å². The summed E-state index contributed by atoms with van der Waals surface area (Å²) in [7, 11) is 0. The third-order valence-electron chi connectivity index (χ3n) is 4.39. The first kappa shape index (κ1) is 15.8. The van der Waals surface area contributed by atoms with Gasteiger partial charge in [0.2, 0.25) is 0 Å². The van der Waals surface area contributed by atoms with Gasteiger partial charge in [-0.15, -0.1) is 0 Å². The van der Waals surface area contributed by atoms with Crippen molar-refractivity contribution >= 4 is 23.1 Å². The van der Waals surface area contributed by atoms with Crippen molar-refractivity contribution < 1.29 is 4.79 Å². The van der Waals surface area contributed by atoms with E-state index in [0.29, 0.717) is 17.1 Å². The van der Waals surface area contributed by atoms with Gasteiger partial charge >= 0.3 is 0 Å². The molecule has 1 aliphatic carbocycles. The summed E-state index contributed by atoms with van der Waals surface area (Å²) in [5.41, 5.74) is 5.19. The van der Waals surface area contributed by atoms with Crippen molar-refractivity contribution in [2.45, 2.75) is 19.4 Å². The Bertz CT molecular complexity index is 941. The molecule has 0 bridgehead atoms. The molecule has 4 rings (SSSR count). The van der Waals surface area contributed by atoms with Gasteiger partial charge in [-0.3, -0.25) is 14.8 Å². The summed E-state index contributed by atoms with van der Waals surface area (Å²) >= 11 is 6.04. The molecule has 0 saturated heterocycles. The van der Waals surface area contributed by atoms with Gasteiger partial charge in [-0.1, -0.05) is 23.7 Å². The first-order valence-electron chi connectivity index (χ1n) is 8.15. The summed E-state index contributed by atoms with van der Waals surface area (Å²) < 4.78 is 0. The fraction of sp³-hybridized carbons (Fsp3) is 0.150. The fourth-order valence-electron chi connectivity index (χ4n) is 3.08. The number of carbonyl (C=O) groups excluding carboxylic acids is 1. The normalized spacial score (nSPS) is 12.9. The summed E-state index contributed by atoms with van der Waals surface area (Å²) in [5, 5.41) is 3.84. The molecule has 2 heterocycles. The van der Waals surface area contributed by atoms with E-state index >= 15 is 0 Å². The lowest BCUT2D eigenvalue weighted by molar-refractivity contribution is 0.103. The van der Waals surface area contributed by atoms with Crippen LogP contribution in [0.2, 0.25) is 5.02 Å². The lowest BCUT2D eigenvalue weighted by atomic mass is 9.99. The van der Waals surface area contributed by atoms with Gasteiger partial charge < -0.3 is 5.32 Å². The van der Waals surface area contributed by atoms with E-state index in [1.165, 1.54) is 0 Å². The number of aromatic nitrogens is 2. The Balaban J connectivity index is 1.64. The number of ketones is 1. The molecular formula is C20H16ClN3O. The second-order valence-electron chi connectivity index (χ2n) is 6.06. The zero-order valence-electron chi connectivity index (χ0n) is 13.5. The van der Waals surface area contributed by atoms with Gasteiger partial charge in [0.05, 0.1) is 10.7 Å². The average Bonchev–Trinajstić information content (AvgIpc) is 2.78. The topological polar surface area (TPSA) is 54.9 Å². The molecule has 0 fully saturated rings. The van der Waals surface area contributed by atoms with E-state index in [9.17, 15) is 4.79 Å². The van der Waals surface area contributed by atoms with E-state index in [4.69, 9.17) is 11.6 Å². The third-order valence-corrected chi connectivity index (χ3v) is 4.59. The minimum Gasteiger partial charge on any atom is -0.381 e. The molecule has 1 N–H and O–H groups in total. The highest BCUT2D eigenvalue weighted by atomic mass is 35.5. The molecule has 0 amide bonds. The van der Waals surface area contributed by atoms with Crippen LogP contribution in [0.5, 0.6) is 0 Å². The van der Waals surface area contributed by atoms with Crippen LogP contribution >= 0.6 is 11.6 Å². The van der Waals surface area contributed by atoms with Crippen molar-refractivity contribution in [3.63, 3.8) is 0 Å². The van der Waals surface area contributed by atoms with Crippen LogP contribution in [0.1, 0.15) is 32.7 Å². The summed E-state index contributed by atoms with van der Waals surface area (Å²) in [6, 6.07) is 11.6. The van der Waals surface area contributed by atoms with Crippen LogP contribution in [0, 0.1) is 0 Å². The molecule has 0 aliphatic heterocycles. The van der Waals surface area contributed by atoms with Gasteiger partial charge in [0.1, 0.15) is 0 Å². The second-order valence-corrected chi connectivity index (χ2v) is 6.50. The lowest BCUT2D eigenvalue weighted by Crippen LogP contribution is -2.07. The van der Waals surface area contributed by atoms with E-state index in [0.717, 1.165) is 40.9 Å².